The van der Waals surface area contributed by atoms with Crippen molar-refractivity contribution in [2.24, 2.45) is 0 Å². The van der Waals surface area contributed by atoms with Crippen LogP contribution in [0.15, 0.2) is 12.1 Å². The van der Waals surface area contributed by atoms with Crippen molar-refractivity contribution < 1.29 is 19.0 Å². The second-order valence-electron chi connectivity index (χ2n) is 4.46. The van der Waals surface area contributed by atoms with Gasteiger partial charge in [0.25, 0.3) is 0 Å². The molecule has 0 radical (unpaired) electrons. The number of fused-ring (bicyclic) bond motifs is 1. The minimum absolute atomic E-state index is 0.186. The normalized spacial score (nSPS) is 13.1. The van der Waals surface area contributed by atoms with E-state index in [-0.39, 0.29) is 5.97 Å². The van der Waals surface area contributed by atoms with Gasteiger partial charge in [-0.25, -0.2) is 0 Å². The predicted molar refractivity (Wildman–Crippen MR) is 75.4 cm³/mol. The van der Waals surface area contributed by atoms with Crippen LogP contribution in [0.4, 0.5) is 0 Å². The summed E-state index contributed by atoms with van der Waals surface area (Å²) in [6.45, 7) is 2.47. The first kappa shape index (κ1) is 14.9. The second kappa shape index (κ2) is 7.36. The lowest BCUT2D eigenvalue weighted by Gasteiger charge is -2.20. The lowest BCUT2D eigenvalue weighted by Crippen LogP contribution is -2.18. The summed E-state index contributed by atoms with van der Waals surface area (Å²) in [5.41, 5.74) is 1.03. The molecule has 0 atom stereocenters. The van der Waals surface area contributed by atoms with Crippen LogP contribution in [-0.4, -0.2) is 32.8 Å². The Morgan fingerprint density at radius 3 is 3.00 bits per heavy atom. The molecule has 2 rings (SSSR count). The molecule has 0 saturated heterocycles. The highest BCUT2D eigenvalue weighted by atomic mass is 35.5. The highest BCUT2D eigenvalue weighted by Crippen LogP contribution is 2.38. The number of benzene rings is 1. The third-order valence-electron chi connectivity index (χ3n) is 2.95. The van der Waals surface area contributed by atoms with Gasteiger partial charge in [-0.2, -0.15) is 0 Å². The molecule has 20 heavy (non-hydrogen) atoms. The van der Waals surface area contributed by atoms with Crippen molar-refractivity contribution in [1.82, 2.24) is 5.32 Å². The van der Waals surface area contributed by atoms with E-state index in [0.717, 1.165) is 18.5 Å². The number of hydrogen-bond donors (Lipinski definition) is 1. The summed E-state index contributed by atoms with van der Waals surface area (Å²) in [6, 6.07) is 3.79. The van der Waals surface area contributed by atoms with Crippen molar-refractivity contribution in [1.29, 1.82) is 0 Å². The van der Waals surface area contributed by atoms with E-state index in [0.29, 0.717) is 42.7 Å². The Morgan fingerprint density at radius 1 is 1.40 bits per heavy atom. The van der Waals surface area contributed by atoms with Crippen LogP contribution in [0.5, 0.6) is 11.5 Å². The molecule has 0 aromatic heterocycles. The van der Waals surface area contributed by atoms with Crippen molar-refractivity contribution in [2.45, 2.75) is 19.4 Å². The number of ether oxygens (including phenoxy) is 3. The summed E-state index contributed by atoms with van der Waals surface area (Å²) in [5, 5.41) is 3.82. The van der Waals surface area contributed by atoms with E-state index in [1.54, 1.807) is 0 Å². The zero-order valence-corrected chi connectivity index (χ0v) is 12.2. The molecule has 0 spiro atoms. The molecule has 5 nitrogen and oxygen atoms in total. The molecule has 0 bridgehead atoms. The SMILES string of the molecule is COC(=O)CCCNCc1cc(Cl)c2c(c1)OCCO2. The molecule has 110 valence electrons. The van der Waals surface area contributed by atoms with Crippen LogP contribution in [-0.2, 0) is 16.1 Å². The molecule has 1 aromatic carbocycles. The van der Waals surface area contributed by atoms with Gasteiger partial charge >= 0.3 is 5.97 Å². The van der Waals surface area contributed by atoms with E-state index in [2.05, 4.69) is 10.1 Å². The molecule has 1 heterocycles. The smallest absolute Gasteiger partial charge is 0.305 e. The molecule has 1 aliphatic heterocycles. The summed E-state index contributed by atoms with van der Waals surface area (Å²) in [5.74, 6) is 1.12. The van der Waals surface area contributed by atoms with Gasteiger partial charge in [-0.15, -0.1) is 0 Å². The highest BCUT2D eigenvalue weighted by Gasteiger charge is 2.16. The number of esters is 1. The van der Waals surface area contributed by atoms with Gasteiger partial charge in [0.1, 0.15) is 13.2 Å². The van der Waals surface area contributed by atoms with Gasteiger partial charge in [-0.05, 0) is 30.7 Å². The number of carbonyl (C=O) groups is 1. The van der Waals surface area contributed by atoms with E-state index < -0.39 is 0 Å². The van der Waals surface area contributed by atoms with Gasteiger partial charge in [0.2, 0.25) is 0 Å². The Hall–Kier alpha value is -1.46. The lowest BCUT2D eigenvalue weighted by atomic mass is 10.2. The average molecular weight is 300 g/mol. The van der Waals surface area contributed by atoms with Crippen LogP contribution >= 0.6 is 11.6 Å². The third kappa shape index (κ3) is 4.02. The fraction of sp³-hybridized carbons (Fsp3) is 0.500. The van der Waals surface area contributed by atoms with Crippen LogP contribution in [0, 0.1) is 0 Å². The summed E-state index contributed by atoms with van der Waals surface area (Å²) in [7, 11) is 1.40. The monoisotopic (exact) mass is 299 g/mol. The molecule has 1 aliphatic rings. The van der Waals surface area contributed by atoms with E-state index in [4.69, 9.17) is 21.1 Å². The average Bonchev–Trinajstić information content (AvgIpc) is 2.46. The van der Waals surface area contributed by atoms with Crippen molar-refractivity contribution in [3.05, 3.63) is 22.7 Å². The van der Waals surface area contributed by atoms with Gasteiger partial charge < -0.3 is 19.5 Å². The maximum absolute atomic E-state index is 11.0. The predicted octanol–water partition coefficient (Wildman–Crippen LogP) is 2.15. The van der Waals surface area contributed by atoms with Gasteiger partial charge in [0.05, 0.1) is 12.1 Å². The third-order valence-corrected chi connectivity index (χ3v) is 3.23. The molecule has 1 aromatic rings. The molecular weight excluding hydrogens is 282 g/mol. The van der Waals surface area contributed by atoms with Crippen molar-refractivity contribution in [3.8, 4) is 11.5 Å². The molecule has 0 unspecified atom stereocenters. The summed E-state index contributed by atoms with van der Waals surface area (Å²) >= 11 is 6.15. The fourth-order valence-electron chi connectivity index (χ4n) is 1.96. The van der Waals surface area contributed by atoms with Gasteiger partial charge in [0.15, 0.2) is 11.5 Å². The van der Waals surface area contributed by atoms with Crippen LogP contribution < -0.4 is 14.8 Å². The number of nitrogens with one attached hydrogen (secondary N) is 1. The molecule has 0 fully saturated rings. The Morgan fingerprint density at radius 2 is 2.20 bits per heavy atom. The van der Waals surface area contributed by atoms with E-state index in [1.807, 2.05) is 12.1 Å². The quantitative estimate of drug-likeness (QED) is 0.644. The largest absolute Gasteiger partial charge is 0.486 e. The Labute approximate surface area is 123 Å². The van der Waals surface area contributed by atoms with Crippen molar-refractivity contribution in [2.75, 3.05) is 26.9 Å². The van der Waals surface area contributed by atoms with Gasteiger partial charge in [-0.3, -0.25) is 4.79 Å². The van der Waals surface area contributed by atoms with Crippen LogP contribution in [0.1, 0.15) is 18.4 Å². The Bertz CT molecular complexity index is 478. The zero-order chi connectivity index (χ0) is 14.4. The Kier molecular flexibility index (Phi) is 5.49. The first-order chi connectivity index (χ1) is 9.70. The van der Waals surface area contributed by atoms with Crippen molar-refractivity contribution >= 4 is 17.6 Å². The Balaban J connectivity index is 1.81. The maximum atomic E-state index is 11.0. The summed E-state index contributed by atoms with van der Waals surface area (Å²) in [6.07, 6.45) is 1.16. The highest BCUT2D eigenvalue weighted by molar-refractivity contribution is 6.32. The topological polar surface area (TPSA) is 56.8 Å². The van der Waals surface area contributed by atoms with Crippen molar-refractivity contribution in [3.63, 3.8) is 0 Å². The molecule has 0 saturated carbocycles. The summed E-state index contributed by atoms with van der Waals surface area (Å²) in [4.78, 5) is 11.0. The molecule has 6 heteroatoms. The molecule has 1 N–H and O–H groups in total. The van der Waals surface area contributed by atoms with E-state index >= 15 is 0 Å². The first-order valence-electron chi connectivity index (χ1n) is 6.56. The van der Waals surface area contributed by atoms with Gasteiger partial charge in [0, 0.05) is 13.0 Å². The fourth-order valence-corrected chi connectivity index (χ4v) is 2.25. The molecule has 0 aliphatic carbocycles. The standard InChI is InChI=1S/C14H18ClNO4/c1-18-13(17)3-2-4-16-9-10-7-11(15)14-12(8-10)19-5-6-20-14/h7-8,16H,2-6,9H2,1H3. The number of hydrogen-bond acceptors (Lipinski definition) is 5. The van der Waals surface area contributed by atoms with Crippen LogP contribution in [0.2, 0.25) is 5.02 Å². The van der Waals surface area contributed by atoms with E-state index in [1.165, 1.54) is 7.11 Å². The maximum Gasteiger partial charge on any atom is 0.305 e. The first-order valence-corrected chi connectivity index (χ1v) is 6.94. The van der Waals surface area contributed by atoms with E-state index in [9.17, 15) is 4.79 Å². The zero-order valence-electron chi connectivity index (χ0n) is 11.4. The minimum atomic E-state index is -0.186. The second-order valence-corrected chi connectivity index (χ2v) is 4.87. The summed E-state index contributed by atoms with van der Waals surface area (Å²) < 4.78 is 15.6. The molecular formula is C14H18ClNO4. The number of halogens is 1. The number of rotatable bonds is 6. The van der Waals surface area contributed by atoms with Gasteiger partial charge in [-0.1, -0.05) is 11.6 Å². The molecule has 0 amide bonds. The minimum Gasteiger partial charge on any atom is -0.486 e. The number of methoxy groups -OCH3 is 1. The number of carbonyl (C=O) groups excluding carboxylic acids is 1. The lowest BCUT2D eigenvalue weighted by molar-refractivity contribution is -0.140. The van der Waals surface area contributed by atoms with Crippen LogP contribution in [0.25, 0.3) is 0 Å². The van der Waals surface area contributed by atoms with Crippen LogP contribution in [0.3, 0.4) is 0 Å².